The summed E-state index contributed by atoms with van der Waals surface area (Å²) >= 11 is 0. The molecule has 1 aromatic heterocycles. The number of likely N-dealkylation sites (tertiary alicyclic amines) is 1. The van der Waals surface area contributed by atoms with Gasteiger partial charge >= 0.3 is 0 Å². The van der Waals surface area contributed by atoms with E-state index < -0.39 is 17.4 Å². The quantitative estimate of drug-likeness (QED) is 0.737. The maximum atomic E-state index is 13.2. The van der Waals surface area contributed by atoms with Crippen molar-refractivity contribution in [2.24, 2.45) is 17.8 Å². The third kappa shape index (κ3) is 2.88. The van der Waals surface area contributed by atoms with E-state index in [9.17, 15) is 9.59 Å². The lowest BCUT2D eigenvalue weighted by Crippen LogP contribution is -2.44. The number of carbonyl (C=O) groups excluding carboxylic acids is 2. The van der Waals surface area contributed by atoms with Gasteiger partial charge in [-0.25, -0.2) is 0 Å². The molecule has 0 aromatic carbocycles. The molecule has 4 heterocycles. The molecule has 2 bridgehead atoms. The summed E-state index contributed by atoms with van der Waals surface area (Å²) in [5, 5.41) is 6.81. The number of carbonyl (C=O) groups is 2. The van der Waals surface area contributed by atoms with Gasteiger partial charge in [0.05, 0.1) is 36.7 Å². The third-order valence-electron chi connectivity index (χ3n) is 6.44. The van der Waals surface area contributed by atoms with Crippen LogP contribution in [0.5, 0.6) is 0 Å². The average Bonchev–Trinajstić information content (AvgIpc) is 3.42. The Kier molecular flexibility index (Phi) is 4.58. The molecule has 2 fully saturated rings. The standard InChI is InChI=1S/C20H28N4O3/c1-4-13(5-2)10-24-12-20-8-6-15(27-20)16(17(20)19(24)26)18(25)23(3)11-14-7-9-21-22-14/h6-9,13,15-17H,4-5,10-12H2,1-3H3,(H,21,22)/t15-,16-,17+,20-/m0/s1. The van der Waals surface area contributed by atoms with Crippen LogP contribution in [0.4, 0.5) is 0 Å². The van der Waals surface area contributed by atoms with Crippen LogP contribution in [0, 0.1) is 17.8 Å². The fourth-order valence-corrected chi connectivity index (χ4v) is 4.83. The number of aromatic amines is 1. The Morgan fingerprint density at radius 3 is 2.93 bits per heavy atom. The summed E-state index contributed by atoms with van der Waals surface area (Å²) in [7, 11) is 1.77. The number of rotatable bonds is 7. The van der Waals surface area contributed by atoms with Crippen LogP contribution < -0.4 is 0 Å². The highest BCUT2D eigenvalue weighted by molar-refractivity contribution is 5.93. The topological polar surface area (TPSA) is 78.5 Å². The van der Waals surface area contributed by atoms with Gasteiger partial charge in [-0.2, -0.15) is 5.10 Å². The molecule has 0 radical (unpaired) electrons. The summed E-state index contributed by atoms with van der Waals surface area (Å²) < 4.78 is 6.21. The molecule has 27 heavy (non-hydrogen) atoms. The number of aromatic nitrogens is 2. The number of ether oxygens (including phenoxy) is 1. The first-order chi connectivity index (χ1) is 13.0. The van der Waals surface area contributed by atoms with Crippen molar-refractivity contribution in [1.29, 1.82) is 0 Å². The summed E-state index contributed by atoms with van der Waals surface area (Å²) in [5.74, 6) is -0.325. The number of hydrogen-bond acceptors (Lipinski definition) is 4. The number of H-pyrrole nitrogens is 1. The normalized spacial score (nSPS) is 31.2. The number of nitrogens with one attached hydrogen (secondary N) is 1. The lowest BCUT2D eigenvalue weighted by Gasteiger charge is -2.28. The molecule has 2 saturated heterocycles. The van der Waals surface area contributed by atoms with Crippen LogP contribution in [0.2, 0.25) is 0 Å². The molecule has 3 aliphatic heterocycles. The van der Waals surface area contributed by atoms with E-state index in [1.165, 1.54) is 0 Å². The van der Waals surface area contributed by atoms with Crippen molar-refractivity contribution in [3.63, 3.8) is 0 Å². The maximum absolute atomic E-state index is 13.2. The van der Waals surface area contributed by atoms with Gasteiger partial charge in [0.15, 0.2) is 0 Å². The second kappa shape index (κ2) is 6.78. The van der Waals surface area contributed by atoms with Gasteiger partial charge in [0.1, 0.15) is 5.60 Å². The van der Waals surface area contributed by atoms with Crippen molar-refractivity contribution < 1.29 is 14.3 Å². The predicted molar refractivity (Wildman–Crippen MR) is 99.4 cm³/mol. The molecule has 2 amide bonds. The van der Waals surface area contributed by atoms with Crippen molar-refractivity contribution in [1.82, 2.24) is 20.0 Å². The van der Waals surface area contributed by atoms with E-state index in [-0.39, 0.29) is 17.9 Å². The predicted octanol–water partition coefficient (Wildman–Crippen LogP) is 1.59. The minimum atomic E-state index is -0.622. The SMILES string of the molecule is CCC(CC)CN1C[C@]23C=C[C@H](O2)[C@H](C(=O)N(C)Cc2ccn[nH]2)[C@@H]3C1=O. The Hall–Kier alpha value is -2.15. The lowest BCUT2D eigenvalue weighted by atomic mass is 9.76. The summed E-state index contributed by atoms with van der Waals surface area (Å²) in [4.78, 5) is 30.0. The van der Waals surface area contributed by atoms with Crippen molar-refractivity contribution in [2.45, 2.75) is 44.9 Å². The Balaban J connectivity index is 1.53. The summed E-state index contributed by atoms with van der Waals surface area (Å²) in [6.45, 7) is 6.07. The second-order valence-electron chi connectivity index (χ2n) is 8.08. The zero-order chi connectivity index (χ0) is 19.2. The highest BCUT2D eigenvalue weighted by Gasteiger charge is 2.67. The van der Waals surface area contributed by atoms with Crippen molar-refractivity contribution in [3.05, 3.63) is 30.1 Å². The summed E-state index contributed by atoms with van der Waals surface area (Å²) in [5.41, 5.74) is 0.247. The minimum Gasteiger partial charge on any atom is -0.360 e. The maximum Gasteiger partial charge on any atom is 0.230 e. The van der Waals surface area contributed by atoms with E-state index in [0.717, 1.165) is 25.1 Å². The molecule has 0 aliphatic carbocycles. The smallest absolute Gasteiger partial charge is 0.230 e. The number of fused-ring (bicyclic) bond motifs is 1. The van der Waals surface area contributed by atoms with Gasteiger partial charge in [-0.05, 0) is 12.0 Å². The fraction of sp³-hybridized carbons (Fsp3) is 0.650. The van der Waals surface area contributed by atoms with Crippen LogP contribution in [0.1, 0.15) is 32.4 Å². The molecule has 4 rings (SSSR count). The monoisotopic (exact) mass is 372 g/mol. The van der Waals surface area contributed by atoms with Crippen molar-refractivity contribution in [2.75, 3.05) is 20.1 Å². The van der Waals surface area contributed by atoms with E-state index >= 15 is 0 Å². The Labute approximate surface area is 159 Å². The van der Waals surface area contributed by atoms with Gasteiger partial charge in [0.25, 0.3) is 0 Å². The van der Waals surface area contributed by atoms with Gasteiger partial charge in [0.2, 0.25) is 11.8 Å². The van der Waals surface area contributed by atoms with Gasteiger partial charge < -0.3 is 14.5 Å². The van der Waals surface area contributed by atoms with Crippen molar-refractivity contribution in [3.8, 4) is 0 Å². The first-order valence-electron chi connectivity index (χ1n) is 9.88. The molecule has 1 N–H and O–H groups in total. The van der Waals surface area contributed by atoms with E-state index in [2.05, 4.69) is 24.0 Å². The van der Waals surface area contributed by atoms with Crippen LogP contribution in [0.25, 0.3) is 0 Å². The largest absolute Gasteiger partial charge is 0.360 e. The molecule has 1 aromatic rings. The third-order valence-corrected chi connectivity index (χ3v) is 6.44. The number of hydrogen-bond donors (Lipinski definition) is 1. The average molecular weight is 372 g/mol. The number of amides is 2. The highest BCUT2D eigenvalue weighted by atomic mass is 16.5. The zero-order valence-electron chi connectivity index (χ0n) is 16.2. The molecular formula is C20H28N4O3. The van der Waals surface area contributed by atoms with E-state index in [0.29, 0.717) is 19.0 Å². The molecule has 4 atom stereocenters. The first kappa shape index (κ1) is 18.2. The Bertz CT molecular complexity index is 742. The Morgan fingerprint density at radius 1 is 1.48 bits per heavy atom. The Morgan fingerprint density at radius 2 is 2.26 bits per heavy atom. The van der Waals surface area contributed by atoms with Crippen LogP contribution in [-0.2, 0) is 20.9 Å². The van der Waals surface area contributed by atoms with Crippen LogP contribution in [0.3, 0.4) is 0 Å². The highest BCUT2D eigenvalue weighted by Crippen LogP contribution is 2.52. The van der Waals surface area contributed by atoms with Crippen LogP contribution >= 0.6 is 0 Å². The molecule has 3 aliphatic rings. The molecule has 0 unspecified atom stereocenters. The zero-order valence-corrected chi connectivity index (χ0v) is 16.2. The van der Waals surface area contributed by atoms with Gasteiger partial charge in [-0.15, -0.1) is 0 Å². The minimum absolute atomic E-state index is 0.0384. The first-order valence-corrected chi connectivity index (χ1v) is 9.88. The molecule has 7 heteroatoms. The number of nitrogens with zero attached hydrogens (tertiary/aromatic N) is 3. The van der Waals surface area contributed by atoms with Crippen LogP contribution in [-0.4, -0.2) is 63.7 Å². The molecule has 0 saturated carbocycles. The fourth-order valence-electron chi connectivity index (χ4n) is 4.83. The van der Waals surface area contributed by atoms with Gasteiger partial charge in [-0.3, -0.25) is 14.7 Å². The molecule has 146 valence electrons. The van der Waals surface area contributed by atoms with Gasteiger partial charge in [0, 0.05) is 19.8 Å². The van der Waals surface area contributed by atoms with Crippen molar-refractivity contribution >= 4 is 11.8 Å². The van der Waals surface area contributed by atoms with Gasteiger partial charge in [-0.1, -0.05) is 38.8 Å². The van der Waals surface area contributed by atoms with E-state index in [1.807, 2.05) is 23.1 Å². The van der Waals surface area contributed by atoms with E-state index in [1.54, 1.807) is 18.1 Å². The lowest BCUT2D eigenvalue weighted by molar-refractivity contribution is -0.143. The second-order valence-corrected chi connectivity index (χ2v) is 8.08. The van der Waals surface area contributed by atoms with E-state index in [4.69, 9.17) is 4.74 Å². The summed E-state index contributed by atoms with van der Waals surface area (Å²) in [6, 6.07) is 1.85. The van der Waals surface area contributed by atoms with Crippen LogP contribution in [0.15, 0.2) is 24.4 Å². The molecule has 7 nitrogen and oxygen atoms in total. The molecular weight excluding hydrogens is 344 g/mol. The summed E-state index contributed by atoms with van der Waals surface area (Å²) in [6.07, 6.45) is 7.45. The molecule has 1 spiro atoms.